The predicted octanol–water partition coefficient (Wildman–Crippen LogP) is 5.96. The van der Waals surface area contributed by atoms with Gasteiger partial charge in [-0.2, -0.15) is 0 Å². The van der Waals surface area contributed by atoms with E-state index in [4.69, 9.17) is 28.6 Å². The average Bonchev–Trinajstić information content (AvgIpc) is 2.64. The summed E-state index contributed by atoms with van der Waals surface area (Å²) in [7, 11) is 2.08. The SMILES string of the molecule is CN1c2ccccc2C(C(=S)Oc2ccc(Cl)cc2)c2ccccc21. The van der Waals surface area contributed by atoms with Gasteiger partial charge in [-0.05, 0) is 59.7 Å². The molecule has 3 aromatic carbocycles. The monoisotopic (exact) mass is 365 g/mol. The van der Waals surface area contributed by atoms with E-state index in [-0.39, 0.29) is 5.92 Å². The van der Waals surface area contributed by atoms with Crippen LogP contribution in [0.3, 0.4) is 0 Å². The van der Waals surface area contributed by atoms with Crippen LogP contribution in [0.4, 0.5) is 11.4 Å². The maximum Gasteiger partial charge on any atom is 0.179 e. The first-order valence-corrected chi connectivity index (χ1v) is 8.82. The Bertz CT molecular complexity index is 891. The van der Waals surface area contributed by atoms with Crippen LogP contribution in [0.5, 0.6) is 5.75 Å². The highest BCUT2D eigenvalue weighted by Gasteiger charge is 2.32. The van der Waals surface area contributed by atoms with Gasteiger partial charge in [-0.25, -0.2) is 0 Å². The summed E-state index contributed by atoms with van der Waals surface area (Å²) in [5, 5.41) is 1.21. The molecule has 0 unspecified atom stereocenters. The second-order valence-corrected chi connectivity index (χ2v) is 6.82. The minimum atomic E-state index is -0.0886. The molecule has 25 heavy (non-hydrogen) atoms. The Morgan fingerprint density at radius 3 is 1.96 bits per heavy atom. The van der Waals surface area contributed by atoms with Gasteiger partial charge in [0.2, 0.25) is 0 Å². The van der Waals surface area contributed by atoms with Gasteiger partial charge < -0.3 is 9.64 Å². The van der Waals surface area contributed by atoms with Crippen molar-refractivity contribution in [2.75, 3.05) is 11.9 Å². The molecule has 1 heterocycles. The Morgan fingerprint density at radius 2 is 1.40 bits per heavy atom. The van der Waals surface area contributed by atoms with Crippen molar-refractivity contribution in [1.29, 1.82) is 0 Å². The van der Waals surface area contributed by atoms with E-state index in [9.17, 15) is 0 Å². The zero-order valence-electron chi connectivity index (χ0n) is 13.6. The third-order valence-electron chi connectivity index (χ3n) is 4.49. The maximum atomic E-state index is 6.01. The third-order valence-corrected chi connectivity index (χ3v) is 5.06. The van der Waals surface area contributed by atoms with Crippen molar-refractivity contribution < 1.29 is 4.74 Å². The van der Waals surface area contributed by atoms with Crippen LogP contribution in [0.1, 0.15) is 17.0 Å². The fourth-order valence-corrected chi connectivity index (χ4v) is 3.78. The number of hydrogen-bond donors (Lipinski definition) is 0. The van der Waals surface area contributed by atoms with Gasteiger partial charge in [-0.1, -0.05) is 48.0 Å². The molecule has 0 N–H and O–H groups in total. The lowest BCUT2D eigenvalue weighted by molar-refractivity contribution is 0.543. The molecule has 4 rings (SSSR count). The zero-order valence-corrected chi connectivity index (χ0v) is 15.2. The lowest BCUT2D eigenvalue weighted by atomic mass is 9.85. The molecule has 0 saturated carbocycles. The van der Waals surface area contributed by atoms with Crippen molar-refractivity contribution in [2.24, 2.45) is 0 Å². The molecular weight excluding hydrogens is 350 g/mol. The van der Waals surface area contributed by atoms with Gasteiger partial charge in [0.05, 0.1) is 5.92 Å². The third kappa shape index (κ3) is 2.90. The highest BCUT2D eigenvalue weighted by molar-refractivity contribution is 7.80. The fraction of sp³-hybridized carbons (Fsp3) is 0.0952. The van der Waals surface area contributed by atoms with Crippen LogP contribution in [0.25, 0.3) is 0 Å². The van der Waals surface area contributed by atoms with Gasteiger partial charge in [-0.15, -0.1) is 0 Å². The first-order chi connectivity index (χ1) is 12.1. The van der Waals surface area contributed by atoms with E-state index in [0.717, 1.165) is 22.5 Å². The molecular formula is C21H16ClNOS. The predicted molar refractivity (Wildman–Crippen MR) is 107 cm³/mol. The van der Waals surface area contributed by atoms with Crippen LogP contribution in [-0.4, -0.2) is 12.1 Å². The van der Waals surface area contributed by atoms with Crippen LogP contribution in [-0.2, 0) is 0 Å². The second-order valence-electron chi connectivity index (χ2n) is 5.98. The Balaban J connectivity index is 1.77. The summed E-state index contributed by atoms with van der Waals surface area (Å²) in [5.41, 5.74) is 4.60. The van der Waals surface area contributed by atoms with Crippen LogP contribution in [0, 0.1) is 0 Å². The molecule has 0 atom stereocenters. The minimum absolute atomic E-state index is 0.0886. The molecule has 1 aliphatic rings. The molecule has 3 aromatic rings. The van der Waals surface area contributed by atoms with Gasteiger partial charge in [0.1, 0.15) is 5.75 Å². The molecule has 2 nitrogen and oxygen atoms in total. The first kappa shape index (κ1) is 16.1. The summed E-state index contributed by atoms with van der Waals surface area (Å²) >= 11 is 11.7. The standard InChI is InChI=1S/C21H16ClNOS/c1-23-18-8-4-2-6-16(18)20(17-7-3-5-9-19(17)23)21(25)24-15-12-10-14(22)11-13-15/h2-13,20H,1H3. The Labute approximate surface area is 157 Å². The number of halogens is 1. The van der Waals surface area contributed by atoms with E-state index in [1.54, 1.807) is 12.1 Å². The second kappa shape index (κ2) is 6.51. The number of nitrogens with zero attached hydrogens (tertiary/aromatic N) is 1. The van der Waals surface area contributed by atoms with Gasteiger partial charge >= 0.3 is 0 Å². The van der Waals surface area contributed by atoms with E-state index >= 15 is 0 Å². The number of thiocarbonyl (C=S) groups is 1. The van der Waals surface area contributed by atoms with E-state index in [1.165, 1.54) is 0 Å². The number of fused-ring (bicyclic) bond motifs is 2. The quantitative estimate of drug-likeness (QED) is 0.520. The van der Waals surface area contributed by atoms with E-state index in [0.29, 0.717) is 15.8 Å². The highest BCUT2D eigenvalue weighted by Crippen LogP contribution is 2.45. The maximum absolute atomic E-state index is 6.01. The molecule has 0 radical (unpaired) electrons. The summed E-state index contributed by atoms with van der Waals surface area (Å²) in [6.45, 7) is 0. The van der Waals surface area contributed by atoms with Gasteiger partial charge in [0, 0.05) is 23.4 Å². The Morgan fingerprint density at radius 1 is 0.880 bits per heavy atom. The normalized spacial score (nSPS) is 13.1. The largest absolute Gasteiger partial charge is 0.449 e. The van der Waals surface area contributed by atoms with Gasteiger partial charge in [-0.3, -0.25) is 0 Å². The zero-order chi connectivity index (χ0) is 17.4. The molecule has 0 fully saturated rings. The van der Waals surface area contributed by atoms with Crippen molar-refractivity contribution in [3.05, 3.63) is 88.9 Å². The molecule has 124 valence electrons. The number of hydrogen-bond acceptors (Lipinski definition) is 3. The molecule has 0 aromatic heterocycles. The van der Waals surface area contributed by atoms with Crippen molar-refractivity contribution in [3.8, 4) is 5.75 Å². The van der Waals surface area contributed by atoms with Crippen molar-refractivity contribution in [3.63, 3.8) is 0 Å². The fourth-order valence-electron chi connectivity index (χ4n) is 3.30. The summed E-state index contributed by atoms with van der Waals surface area (Å²) in [6.07, 6.45) is 0. The lowest BCUT2D eigenvalue weighted by Gasteiger charge is -2.35. The molecule has 0 bridgehead atoms. The minimum Gasteiger partial charge on any atom is -0.449 e. The highest BCUT2D eigenvalue weighted by atomic mass is 35.5. The van der Waals surface area contributed by atoms with Gasteiger partial charge in [0.15, 0.2) is 5.05 Å². The molecule has 0 amide bonds. The summed E-state index contributed by atoms with van der Waals surface area (Å²) in [5.74, 6) is 0.609. The lowest BCUT2D eigenvalue weighted by Crippen LogP contribution is -2.27. The number of anilines is 2. The topological polar surface area (TPSA) is 12.5 Å². The summed E-state index contributed by atoms with van der Waals surface area (Å²) in [4.78, 5) is 2.20. The van der Waals surface area contributed by atoms with Crippen molar-refractivity contribution in [1.82, 2.24) is 0 Å². The van der Waals surface area contributed by atoms with Crippen LogP contribution >= 0.6 is 23.8 Å². The number of para-hydroxylation sites is 2. The van der Waals surface area contributed by atoms with E-state index < -0.39 is 0 Å². The van der Waals surface area contributed by atoms with Crippen LogP contribution < -0.4 is 9.64 Å². The van der Waals surface area contributed by atoms with Crippen molar-refractivity contribution >= 4 is 40.2 Å². The molecule has 0 spiro atoms. The molecule has 1 aliphatic heterocycles. The summed E-state index contributed by atoms with van der Waals surface area (Å²) < 4.78 is 6.01. The van der Waals surface area contributed by atoms with E-state index in [1.807, 2.05) is 36.4 Å². The number of benzene rings is 3. The van der Waals surface area contributed by atoms with Gasteiger partial charge in [0.25, 0.3) is 0 Å². The Kier molecular flexibility index (Phi) is 4.20. The molecule has 4 heteroatoms. The number of rotatable bonds is 2. The van der Waals surface area contributed by atoms with Crippen LogP contribution in [0.15, 0.2) is 72.8 Å². The Hall–Kier alpha value is -2.36. The summed E-state index contributed by atoms with van der Waals surface area (Å²) in [6, 6.07) is 23.9. The number of ether oxygens (including phenoxy) is 1. The molecule has 0 saturated heterocycles. The smallest absolute Gasteiger partial charge is 0.179 e. The van der Waals surface area contributed by atoms with Crippen molar-refractivity contribution in [2.45, 2.75) is 5.92 Å². The van der Waals surface area contributed by atoms with Crippen LogP contribution in [0.2, 0.25) is 5.02 Å². The van der Waals surface area contributed by atoms with E-state index in [2.05, 4.69) is 36.2 Å². The molecule has 0 aliphatic carbocycles. The average molecular weight is 366 g/mol. The first-order valence-electron chi connectivity index (χ1n) is 8.04.